The molecule has 1 aromatic carbocycles. The number of aromatic nitrogens is 3. The summed E-state index contributed by atoms with van der Waals surface area (Å²) in [7, 11) is 0. The highest BCUT2D eigenvalue weighted by Gasteiger charge is 2.51. The molecule has 25 heavy (non-hydrogen) atoms. The van der Waals surface area contributed by atoms with Gasteiger partial charge in [-0.25, -0.2) is 14.1 Å². The number of alkyl halides is 1. The largest absolute Gasteiger partial charge is 0.466 e. The first kappa shape index (κ1) is 16.6. The Morgan fingerprint density at radius 3 is 2.84 bits per heavy atom. The molecule has 2 heterocycles. The Labute approximate surface area is 150 Å². The van der Waals surface area contributed by atoms with Gasteiger partial charge in [-0.1, -0.05) is 42.1 Å². The van der Waals surface area contributed by atoms with Crippen LogP contribution >= 0.6 is 11.8 Å². The van der Waals surface area contributed by atoms with Gasteiger partial charge in [-0.05, 0) is 25.3 Å². The van der Waals surface area contributed by atoms with Crippen LogP contribution in [0.5, 0.6) is 0 Å². The molecule has 1 aliphatic carbocycles. The van der Waals surface area contributed by atoms with Crippen molar-refractivity contribution in [3.05, 3.63) is 41.7 Å². The average Bonchev–Trinajstić information content (AvgIpc) is 3.21. The lowest BCUT2D eigenvalue weighted by atomic mass is 10.0. The third-order valence-electron chi connectivity index (χ3n) is 4.87. The first-order chi connectivity index (χ1) is 12.1. The van der Waals surface area contributed by atoms with E-state index in [1.54, 1.807) is 4.68 Å². The van der Waals surface area contributed by atoms with Crippen LogP contribution in [0, 0.1) is 5.41 Å². The number of nitrogens with zero attached hydrogens (tertiary/aromatic N) is 3. The Morgan fingerprint density at radius 2 is 2.16 bits per heavy atom. The molecule has 1 saturated carbocycles. The predicted molar refractivity (Wildman–Crippen MR) is 92.1 cm³/mol. The minimum Gasteiger partial charge on any atom is -0.466 e. The van der Waals surface area contributed by atoms with Gasteiger partial charge in [-0.15, -0.1) is 5.10 Å². The van der Waals surface area contributed by atoms with Crippen LogP contribution in [0.4, 0.5) is 4.39 Å². The van der Waals surface area contributed by atoms with Crippen molar-refractivity contribution in [3.8, 4) is 0 Å². The molecule has 1 aliphatic heterocycles. The topological polar surface area (TPSA) is 57.0 Å². The maximum atomic E-state index is 14.4. The number of benzene rings is 1. The molecule has 2 aliphatic rings. The molecule has 0 bridgehead atoms. The molecule has 1 aromatic heterocycles. The van der Waals surface area contributed by atoms with Gasteiger partial charge in [0.15, 0.2) is 12.0 Å². The highest BCUT2D eigenvalue weighted by molar-refractivity contribution is 7.99. The van der Waals surface area contributed by atoms with Crippen LogP contribution in [0.3, 0.4) is 0 Å². The molecular weight excluding hydrogens is 341 g/mol. The molecule has 0 amide bonds. The van der Waals surface area contributed by atoms with Gasteiger partial charge in [0.2, 0.25) is 5.16 Å². The molecule has 5 nitrogen and oxygen atoms in total. The summed E-state index contributed by atoms with van der Waals surface area (Å²) >= 11 is 1.42. The Hall–Kier alpha value is -1.89. The van der Waals surface area contributed by atoms with Crippen LogP contribution in [0.15, 0.2) is 35.5 Å². The second kappa shape index (κ2) is 6.44. The zero-order chi connectivity index (χ0) is 17.4. The fraction of sp³-hybridized carbons (Fsp3) is 0.500. The molecule has 1 fully saturated rings. The summed E-state index contributed by atoms with van der Waals surface area (Å²) in [5.41, 5.74) is 0.639. The first-order valence-corrected chi connectivity index (χ1v) is 9.57. The van der Waals surface area contributed by atoms with Crippen LogP contribution in [-0.2, 0) is 9.53 Å². The summed E-state index contributed by atoms with van der Waals surface area (Å²) in [6, 6.07) is 9.70. The lowest BCUT2D eigenvalue weighted by molar-refractivity contribution is -0.148. The monoisotopic (exact) mass is 361 g/mol. The van der Waals surface area contributed by atoms with Crippen molar-refractivity contribution in [1.82, 2.24) is 14.8 Å². The number of hydrogen-bond donors (Lipinski definition) is 0. The molecule has 0 N–H and O–H groups in total. The number of halogens is 1. The molecule has 4 rings (SSSR count). The van der Waals surface area contributed by atoms with Crippen molar-refractivity contribution >= 4 is 17.7 Å². The minimum atomic E-state index is -1.10. The Bertz CT molecular complexity index is 776. The van der Waals surface area contributed by atoms with Crippen molar-refractivity contribution in [2.45, 2.75) is 43.6 Å². The third kappa shape index (κ3) is 3.05. The second-order valence-electron chi connectivity index (χ2n) is 6.62. The van der Waals surface area contributed by atoms with E-state index in [4.69, 9.17) is 4.74 Å². The number of fused-ring (bicyclic) bond motifs is 1. The molecule has 0 spiro atoms. The summed E-state index contributed by atoms with van der Waals surface area (Å²) in [5.74, 6) is 0.833. The number of carbonyl (C=O) groups excluding carboxylic acids is 1. The Kier molecular flexibility index (Phi) is 4.27. The zero-order valence-corrected chi connectivity index (χ0v) is 14.8. The predicted octanol–water partition coefficient (Wildman–Crippen LogP) is 3.72. The maximum absolute atomic E-state index is 14.4. The summed E-state index contributed by atoms with van der Waals surface area (Å²) in [6.45, 7) is 2.21. The van der Waals surface area contributed by atoms with Gasteiger partial charge < -0.3 is 4.74 Å². The lowest BCUT2D eigenvalue weighted by Crippen LogP contribution is -2.21. The second-order valence-corrected chi connectivity index (χ2v) is 7.56. The molecule has 0 saturated heterocycles. The van der Waals surface area contributed by atoms with Crippen LogP contribution in [0.1, 0.15) is 49.8 Å². The number of rotatable bonds is 6. The summed E-state index contributed by atoms with van der Waals surface area (Å²) < 4.78 is 21.2. The summed E-state index contributed by atoms with van der Waals surface area (Å²) in [4.78, 5) is 16.4. The van der Waals surface area contributed by atoms with Gasteiger partial charge in [0.1, 0.15) is 0 Å². The van der Waals surface area contributed by atoms with Crippen molar-refractivity contribution in [1.29, 1.82) is 0 Å². The van der Waals surface area contributed by atoms with E-state index in [9.17, 15) is 9.18 Å². The SMILES string of the molecule is CCOC(=O)C1(CSc2nc3n(n2)[C@H](c2ccccc2)C[C@@H]3F)CC1. The summed E-state index contributed by atoms with van der Waals surface area (Å²) in [6.07, 6.45) is 0.944. The first-order valence-electron chi connectivity index (χ1n) is 8.58. The average molecular weight is 361 g/mol. The van der Waals surface area contributed by atoms with Crippen LogP contribution < -0.4 is 0 Å². The van der Waals surface area contributed by atoms with E-state index in [1.165, 1.54) is 11.8 Å². The number of esters is 1. The fourth-order valence-electron chi connectivity index (χ4n) is 3.22. The van der Waals surface area contributed by atoms with Crippen molar-refractivity contribution in [2.75, 3.05) is 12.4 Å². The zero-order valence-electron chi connectivity index (χ0n) is 14.0. The Morgan fingerprint density at radius 1 is 1.40 bits per heavy atom. The van der Waals surface area contributed by atoms with E-state index in [1.807, 2.05) is 37.3 Å². The standard InChI is InChI=1S/C18H20FN3O2S/c1-2-24-16(23)18(8-9-18)11-25-17-20-15-13(19)10-14(22(15)21-17)12-6-4-3-5-7-12/h3-7,13-14H,2,8-11H2,1H3/t13-,14-/m0/s1. The van der Waals surface area contributed by atoms with E-state index in [2.05, 4.69) is 10.1 Å². The van der Waals surface area contributed by atoms with Crippen LogP contribution in [0.2, 0.25) is 0 Å². The number of hydrogen-bond acceptors (Lipinski definition) is 5. The number of ether oxygens (including phenoxy) is 1. The van der Waals surface area contributed by atoms with Gasteiger partial charge in [0.05, 0.1) is 18.1 Å². The summed E-state index contributed by atoms with van der Waals surface area (Å²) in [5, 5.41) is 5.05. The number of carbonyl (C=O) groups is 1. The molecular formula is C18H20FN3O2S. The van der Waals surface area contributed by atoms with E-state index < -0.39 is 11.6 Å². The Balaban J connectivity index is 1.49. The van der Waals surface area contributed by atoms with E-state index in [0.29, 0.717) is 29.8 Å². The van der Waals surface area contributed by atoms with Crippen molar-refractivity contribution in [2.24, 2.45) is 5.41 Å². The van der Waals surface area contributed by atoms with Crippen LogP contribution in [-0.4, -0.2) is 33.1 Å². The highest BCUT2D eigenvalue weighted by atomic mass is 32.2. The minimum absolute atomic E-state index is 0.118. The van der Waals surface area contributed by atoms with Gasteiger partial charge >= 0.3 is 5.97 Å². The van der Waals surface area contributed by atoms with Crippen molar-refractivity contribution in [3.63, 3.8) is 0 Å². The molecule has 132 valence electrons. The molecule has 0 radical (unpaired) electrons. The molecule has 2 atom stereocenters. The fourth-order valence-corrected chi connectivity index (χ4v) is 4.33. The quantitative estimate of drug-likeness (QED) is 0.580. The molecule has 2 aromatic rings. The smallest absolute Gasteiger partial charge is 0.312 e. The number of thioether (sulfide) groups is 1. The maximum Gasteiger partial charge on any atom is 0.312 e. The third-order valence-corrected chi connectivity index (χ3v) is 6.00. The normalized spacial score (nSPS) is 23.3. The van der Waals surface area contributed by atoms with E-state index >= 15 is 0 Å². The highest BCUT2D eigenvalue weighted by Crippen LogP contribution is 2.50. The van der Waals surface area contributed by atoms with Crippen LogP contribution in [0.25, 0.3) is 0 Å². The van der Waals surface area contributed by atoms with Gasteiger partial charge in [0.25, 0.3) is 0 Å². The van der Waals surface area contributed by atoms with Gasteiger partial charge in [-0.2, -0.15) is 0 Å². The van der Waals surface area contributed by atoms with E-state index in [0.717, 1.165) is 18.4 Å². The van der Waals surface area contributed by atoms with Gasteiger partial charge in [-0.3, -0.25) is 4.79 Å². The van der Waals surface area contributed by atoms with Gasteiger partial charge in [0, 0.05) is 12.2 Å². The molecule has 7 heteroatoms. The van der Waals surface area contributed by atoms with E-state index in [-0.39, 0.29) is 12.0 Å². The lowest BCUT2D eigenvalue weighted by Gasteiger charge is -2.12. The van der Waals surface area contributed by atoms with Crippen molar-refractivity contribution < 1.29 is 13.9 Å². The molecule has 0 unspecified atom stereocenters.